The van der Waals surface area contributed by atoms with Crippen molar-refractivity contribution >= 4 is 33.5 Å². The summed E-state index contributed by atoms with van der Waals surface area (Å²) in [6, 6.07) is 17.7. The van der Waals surface area contributed by atoms with Gasteiger partial charge in [0, 0.05) is 13.1 Å². The van der Waals surface area contributed by atoms with Gasteiger partial charge < -0.3 is 4.57 Å². The molecule has 0 aliphatic rings. The number of aromatic nitrogens is 1. The van der Waals surface area contributed by atoms with Gasteiger partial charge in [0.2, 0.25) is 0 Å². The van der Waals surface area contributed by atoms with Crippen LogP contribution in [0.4, 0.5) is 0 Å². The highest BCUT2D eigenvalue weighted by Gasteiger charge is 2.02. The second-order valence-corrected chi connectivity index (χ2v) is 5.61. The van der Waals surface area contributed by atoms with Gasteiger partial charge in [-0.1, -0.05) is 53.8 Å². The molecule has 3 nitrogen and oxygen atoms in total. The Labute approximate surface area is 126 Å². The molecule has 0 saturated heterocycles. The van der Waals surface area contributed by atoms with Crippen molar-refractivity contribution in [2.45, 2.75) is 0 Å². The molecule has 0 fully saturated rings. The van der Waals surface area contributed by atoms with Crippen LogP contribution in [0.3, 0.4) is 0 Å². The van der Waals surface area contributed by atoms with Gasteiger partial charge >= 0.3 is 0 Å². The molecule has 1 amide bonds. The van der Waals surface area contributed by atoms with Crippen molar-refractivity contribution in [1.82, 2.24) is 4.57 Å². The first kappa shape index (κ1) is 13.5. The van der Waals surface area contributed by atoms with Gasteiger partial charge in [-0.15, -0.1) is 0 Å². The summed E-state index contributed by atoms with van der Waals surface area (Å²) in [5, 5.41) is 0. The fourth-order valence-corrected chi connectivity index (χ4v) is 3.08. The molecule has 0 atom stereocenters. The number of amides is 1. The summed E-state index contributed by atoms with van der Waals surface area (Å²) in [4.78, 5) is 16.8. The molecule has 0 unspecified atom stereocenters. The molecule has 0 saturated carbocycles. The van der Waals surface area contributed by atoms with Crippen LogP contribution in [0.2, 0.25) is 0 Å². The van der Waals surface area contributed by atoms with Gasteiger partial charge in [0.1, 0.15) is 0 Å². The molecular formula is C17H14N2OS. The molecule has 1 heterocycles. The van der Waals surface area contributed by atoms with Crippen molar-refractivity contribution < 1.29 is 4.79 Å². The average Bonchev–Trinajstić information content (AvgIpc) is 2.83. The average molecular weight is 294 g/mol. The Balaban J connectivity index is 1.91. The number of aryl methyl sites for hydroxylation is 1. The summed E-state index contributed by atoms with van der Waals surface area (Å²) in [5.41, 5.74) is 2.07. The third-order valence-electron chi connectivity index (χ3n) is 3.14. The molecule has 3 aromatic rings. The Hall–Kier alpha value is -2.46. The van der Waals surface area contributed by atoms with Crippen LogP contribution in [0.25, 0.3) is 16.3 Å². The highest BCUT2D eigenvalue weighted by atomic mass is 32.1. The predicted octanol–water partition coefficient (Wildman–Crippen LogP) is 3.38. The van der Waals surface area contributed by atoms with E-state index in [4.69, 9.17) is 0 Å². The largest absolute Gasteiger partial charge is 0.319 e. The molecule has 1 aromatic heterocycles. The van der Waals surface area contributed by atoms with E-state index >= 15 is 0 Å². The van der Waals surface area contributed by atoms with E-state index in [9.17, 15) is 4.79 Å². The van der Waals surface area contributed by atoms with E-state index in [2.05, 4.69) is 4.99 Å². The normalized spacial score (nSPS) is 12.3. The second kappa shape index (κ2) is 5.89. The fourth-order valence-electron chi connectivity index (χ4n) is 2.05. The fraction of sp³-hybridized carbons (Fsp3) is 0.0588. The zero-order valence-electron chi connectivity index (χ0n) is 11.6. The maximum atomic E-state index is 12.0. The lowest BCUT2D eigenvalue weighted by Gasteiger charge is -1.93. The smallest absolute Gasteiger partial charge is 0.272 e. The van der Waals surface area contributed by atoms with E-state index in [-0.39, 0.29) is 5.91 Å². The zero-order valence-corrected chi connectivity index (χ0v) is 12.4. The van der Waals surface area contributed by atoms with Crippen LogP contribution in [0.1, 0.15) is 5.56 Å². The Morgan fingerprint density at radius 1 is 1.10 bits per heavy atom. The molecular weight excluding hydrogens is 280 g/mol. The van der Waals surface area contributed by atoms with Crippen LogP contribution in [0, 0.1) is 0 Å². The molecule has 0 N–H and O–H groups in total. The molecule has 0 bridgehead atoms. The summed E-state index contributed by atoms with van der Waals surface area (Å²) >= 11 is 1.52. The third kappa shape index (κ3) is 3.01. The SMILES string of the molecule is Cn1c(=NC(=O)C=Cc2ccccc2)sc2ccccc21. The molecule has 21 heavy (non-hydrogen) atoms. The lowest BCUT2D eigenvalue weighted by Crippen LogP contribution is -2.12. The first-order valence-electron chi connectivity index (χ1n) is 6.60. The van der Waals surface area contributed by atoms with E-state index in [1.807, 2.05) is 66.2 Å². The van der Waals surface area contributed by atoms with Crippen molar-refractivity contribution in [3.63, 3.8) is 0 Å². The van der Waals surface area contributed by atoms with Crippen LogP contribution >= 0.6 is 11.3 Å². The topological polar surface area (TPSA) is 34.4 Å². The summed E-state index contributed by atoms with van der Waals surface area (Å²) in [6.07, 6.45) is 3.28. The number of carbonyl (C=O) groups is 1. The first-order chi connectivity index (χ1) is 10.2. The molecule has 4 heteroatoms. The quantitative estimate of drug-likeness (QED) is 0.667. The number of rotatable bonds is 2. The van der Waals surface area contributed by atoms with Gasteiger partial charge in [0.05, 0.1) is 10.2 Å². The minimum atomic E-state index is -0.249. The highest BCUT2D eigenvalue weighted by molar-refractivity contribution is 7.16. The molecule has 0 radical (unpaired) electrons. The van der Waals surface area contributed by atoms with Crippen LogP contribution in [-0.2, 0) is 11.8 Å². The van der Waals surface area contributed by atoms with E-state index < -0.39 is 0 Å². The van der Waals surface area contributed by atoms with Gasteiger partial charge in [-0.2, -0.15) is 4.99 Å². The van der Waals surface area contributed by atoms with E-state index in [0.717, 1.165) is 15.8 Å². The molecule has 104 valence electrons. The predicted molar refractivity (Wildman–Crippen MR) is 86.8 cm³/mol. The van der Waals surface area contributed by atoms with E-state index in [0.29, 0.717) is 4.80 Å². The Morgan fingerprint density at radius 2 is 1.81 bits per heavy atom. The molecule has 0 spiro atoms. The number of para-hydroxylation sites is 1. The zero-order chi connectivity index (χ0) is 14.7. The summed E-state index contributed by atoms with van der Waals surface area (Å²) < 4.78 is 3.06. The van der Waals surface area contributed by atoms with Gasteiger partial charge in [-0.05, 0) is 23.8 Å². The van der Waals surface area contributed by atoms with Crippen LogP contribution in [-0.4, -0.2) is 10.5 Å². The minimum Gasteiger partial charge on any atom is -0.319 e. The molecule has 3 rings (SSSR count). The first-order valence-corrected chi connectivity index (χ1v) is 7.42. The van der Waals surface area contributed by atoms with E-state index in [1.165, 1.54) is 17.4 Å². The van der Waals surface area contributed by atoms with Crippen molar-refractivity contribution in [3.8, 4) is 0 Å². The third-order valence-corrected chi connectivity index (χ3v) is 4.25. The number of hydrogen-bond acceptors (Lipinski definition) is 2. The standard InChI is InChI=1S/C17H14N2OS/c1-19-14-9-5-6-10-15(14)21-17(19)18-16(20)12-11-13-7-3-2-4-8-13/h2-12H,1H3. The van der Waals surface area contributed by atoms with Crippen molar-refractivity contribution in [3.05, 3.63) is 71.0 Å². The van der Waals surface area contributed by atoms with Crippen LogP contribution < -0.4 is 4.80 Å². The van der Waals surface area contributed by atoms with Gasteiger partial charge in [-0.25, -0.2) is 0 Å². The number of thiazole rings is 1. The minimum absolute atomic E-state index is 0.249. The Kier molecular flexibility index (Phi) is 3.79. The highest BCUT2D eigenvalue weighted by Crippen LogP contribution is 2.15. The van der Waals surface area contributed by atoms with Crippen molar-refractivity contribution in [2.24, 2.45) is 12.0 Å². The van der Waals surface area contributed by atoms with Crippen molar-refractivity contribution in [2.75, 3.05) is 0 Å². The van der Waals surface area contributed by atoms with Gasteiger partial charge in [0.15, 0.2) is 4.80 Å². The van der Waals surface area contributed by atoms with Gasteiger partial charge in [0.25, 0.3) is 5.91 Å². The molecule has 0 aliphatic carbocycles. The summed E-state index contributed by atoms with van der Waals surface area (Å²) in [5.74, 6) is -0.249. The maximum Gasteiger partial charge on any atom is 0.272 e. The number of nitrogens with zero attached hydrogens (tertiary/aromatic N) is 2. The molecule has 2 aromatic carbocycles. The number of carbonyl (C=O) groups excluding carboxylic acids is 1. The van der Waals surface area contributed by atoms with Gasteiger partial charge in [-0.3, -0.25) is 4.79 Å². The van der Waals surface area contributed by atoms with Crippen molar-refractivity contribution in [1.29, 1.82) is 0 Å². The number of hydrogen-bond donors (Lipinski definition) is 0. The maximum absolute atomic E-state index is 12.0. The number of fused-ring (bicyclic) bond motifs is 1. The van der Waals surface area contributed by atoms with Crippen LogP contribution in [0.5, 0.6) is 0 Å². The Morgan fingerprint density at radius 3 is 2.57 bits per heavy atom. The summed E-state index contributed by atoms with van der Waals surface area (Å²) in [7, 11) is 1.92. The van der Waals surface area contributed by atoms with E-state index in [1.54, 1.807) is 6.08 Å². The summed E-state index contributed by atoms with van der Waals surface area (Å²) in [6.45, 7) is 0. The monoisotopic (exact) mass is 294 g/mol. The Bertz CT molecular complexity index is 872. The lowest BCUT2D eigenvalue weighted by atomic mass is 10.2. The number of benzene rings is 2. The molecule has 0 aliphatic heterocycles. The second-order valence-electron chi connectivity index (χ2n) is 4.61. The lowest BCUT2D eigenvalue weighted by molar-refractivity contribution is -0.113. The van der Waals surface area contributed by atoms with Crippen LogP contribution in [0.15, 0.2) is 65.7 Å².